The topological polar surface area (TPSA) is 20.2 Å². The zero-order valence-corrected chi connectivity index (χ0v) is 10.2. The lowest BCUT2D eigenvalue weighted by Crippen LogP contribution is -1.85. The van der Waals surface area contributed by atoms with Gasteiger partial charge >= 0.3 is 0 Å². The van der Waals surface area contributed by atoms with Gasteiger partial charge < -0.3 is 5.11 Å². The van der Waals surface area contributed by atoms with Crippen LogP contribution in [-0.4, -0.2) is 5.11 Å². The molecule has 0 amide bonds. The van der Waals surface area contributed by atoms with Crippen LogP contribution >= 0.6 is 0 Å². The van der Waals surface area contributed by atoms with E-state index in [1.807, 2.05) is 31.2 Å². The highest BCUT2D eigenvalue weighted by Crippen LogP contribution is 2.15. The Hall–Kier alpha value is -1.24. The van der Waals surface area contributed by atoms with Gasteiger partial charge in [-0.2, -0.15) is 0 Å². The number of rotatable bonds is 1. The molecule has 0 radical (unpaired) electrons. The number of phenolic OH excluding ortho intramolecular Hbond substituents is 1. The largest absolute Gasteiger partial charge is 0.508 e. The number of hydrogen-bond donors (Lipinski definition) is 1. The van der Waals surface area contributed by atoms with Gasteiger partial charge in [0.15, 0.2) is 0 Å². The van der Waals surface area contributed by atoms with Gasteiger partial charge in [-0.3, -0.25) is 0 Å². The Labute approximate surface area is 98.8 Å². The highest BCUT2D eigenvalue weighted by Gasteiger charge is 1.95. The molecule has 0 aromatic heterocycles. The summed E-state index contributed by atoms with van der Waals surface area (Å²) in [6.45, 7) is 1.97. The molecular weight excluding hydrogens is 196 g/mol. The minimum Gasteiger partial charge on any atom is -0.508 e. The van der Waals surface area contributed by atoms with Crippen molar-refractivity contribution < 1.29 is 5.11 Å². The Morgan fingerprint density at radius 3 is 1.69 bits per heavy atom. The molecule has 88 valence electrons. The predicted octanol–water partition coefficient (Wildman–Crippen LogP) is 4.77. The highest BCUT2D eigenvalue weighted by molar-refractivity contribution is 5.49. The Morgan fingerprint density at radius 1 is 0.875 bits per heavy atom. The van der Waals surface area contributed by atoms with Crippen molar-refractivity contribution in [1.29, 1.82) is 0 Å². The average Bonchev–Trinajstić information content (AvgIpc) is 2.35. The van der Waals surface area contributed by atoms with Crippen LogP contribution in [0.5, 0.6) is 5.75 Å². The third-order valence-corrected chi connectivity index (χ3v) is 2.75. The second-order valence-corrected chi connectivity index (χ2v) is 4.21. The third-order valence-electron chi connectivity index (χ3n) is 2.75. The smallest absolute Gasteiger partial charge is 0.115 e. The van der Waals surface area contributed by atoms with Crippen molar-refractivity contribution in [3.8, 4) is 5.75 Å². The molecule has 1 saturated carbocycles. The molecular formula is C15H22O. The lowest BCUT2D eigenvalue weighted by Gasteiger charge is -2.05. The van der Waals surface area contributed by atoms with Crippen molar-refractivity contribution in [2.24, 2.45) is 0 Å². The standard InChI is InChI=1S/C9H10O.C6H12/c1-2-3-8-4-6-9(10)7-5-8;1-2-4-6-5-3-1/h2-7,10H,1H3;1-6H2/b3-2+;. The van der Waals surface area contributed by atoms with E-state index in [0.717, 1.165) is 5.56 Å². The molecule has 1 heteroatoms. The van der Waals surface area contributed by atoms with Crippen molar-refractivity contribution in [1.82, 2.24) is 0 Å². The van der Waals surface area contributed by atoms with Crippen LogP contribution in [0.2, 0.25) is 0 Å². The summed E-state index contributed by atoms with van der Waals surface area (Å²) in [5.41, 5.74) is 1.11. The molecule has 1 aliphatic rings. The van der Waals surface area contributed by atoms with Crippen LogP contribution in [0.15, 0.2) is 30.3 Å². The molecule has 0 aliphatic heterocycles. The molecule has 0 saturated heterocycles. The number of allylic oxidation sites excluding steroid dienone is 1. The fourth-order valence-electron chi connectivity index (χ4n) is 1.84. The summed E-state index contributed by atoms with van der Waals surface area (Å²) in [6.07, 6.45) is 13.0. The maximum atomic E-state index is 8.90. The molecule has 2 rings (SSSR count). The molecule has 0 heterocycles. The van der Waals surface area contributed by atoms with Gasteiger partial charge in [-0.15, -0.1) is 0 Å². The summed E-state index contributed by atoms with van der Waals surface area (Å²) < 4.78 is 0. The number of aromatic hydroxyl groups is 1. The van der Waals surface area contributed by atoms with Gasteiger partial charge in [-0.05, 0) is 24.6 Å². The first kappa shape index (κ1) is 12.8. The fraction of sp³-hybridized carbons (Fsp3) is 0.467. The Balaban J connectivity index is 0.000000181. The molecule has 1 aliphatic carbocycles. The summed E-state index contributed by atoms with van der Waals surface area (Å²) in [7, 11) is 0. The van der Waals surface area contributed by atoms with Crippen LogP contribution in [0.1, 0.15) is 51.0 Å². The van der Waals surface area contributed by atoms with Crippen molar-refractivity contribution in [2.75, 3.05) is 0 Å². The van der Waals surface area contributed by atoms with Gasteiger partial charge in [0.2, 0.25) is 0 Å². The SMILES string of the molecule is C/C=C/c1ccc(O)cc1.C1CCCCC1. The van der Waals surface area contributed by atoms with E-state index < -0.39 is 0 Å². The van der Waals surface area contributed by atoms with Crippen LogP contribution in [0.25, 0.3) is 6.08 Å². The number of phenols is 1. The second kappa shape index (κ2) is 7.98. The van der Waals surface area contributed by atoms with Gasteiger partial charge in [0.05, 0.1) is 0 Å². The first-order valence-electron chi connectivity index (χ1n) is 6.24. The van der Waals surface area contributed by atoms with E-state index in [-0.39, 0.29) is 0 Å². The second-order valence-electron chi connectivity index (χ2n) is 4.21. The molecule has 0 unspecified atom stereocenters. The minimum atomic E-state index is 0.313. The summed E-state index contributed by atoms with van der Waals surface area (Å²) >= 11 is 0. The van der Waals surface area contributed by atoms with E-state index >= 15 is 0 Å². The quantitative estimate of drug-likeness (QED) is 0.720. The van der Waals surface area contributed by atoms with E-state index in [9.17, 15) is 0 Å². The average molecular weight is 218 g/mol. The lowest BCUT2D eigenvalue weighted by atomic mass is 10.0. The van der Waals surface area contributed by atoms with Crippen molar-refractivity contribution in [2.45, 2.75) is 45.4 Å². The van der Waals surface area contributed by atoms with Gasteiger partial charge in [0, 0.05) is 0 Å². The Bertz CT molecular complexity index is 282. The van der Waals surface area contributed by atoms with Crippen LogP contribution in [0.3, 0.4) is 0 Å². The molecule has 1 N–H and O–H groups in total. The van der Waals surface area contributed by atoms with Gasteiger partial charge in [0.1, 0.15) is 5.75 Å². The maximum Gasteiger partial charge on any atom is 0.115 e. The number of hydrogen-bond acceptors (Lipinski definition) is 1. The van der Waals surface area contributed by atoms with Crippen molar-refractivity contribution >= 4 is 6.08 Å². The molecule has 16 heavy (non-hydrogen) atoms. The molecule has 1 aromatic rings. The molecule has 1 aromatic carbocycles. The summed E-state index contributed by atoms with van der Waals surface area (Å²) in [6, 6.07) is 7.09. The van der Waals surface area contributed by atoms with Gasteiger partial charge in [0.25, 0.3) is 0 Å². The van der Waals surface area contributed by atoms with Crippen LogP contribution in [0.4, 0.5) is 0 Å². The van der Waals surface area contributed by atoms with Crippen LogP contribution < -0.4 is 0 Å². The van der Waals surface area contributed by atoms with E-state index in [1.54, 1.807) is 12.1 Å². The van der Waals surface area contributed by atoms with E-state index in [0.29, 0.717) is 5.75 Å². The van der Waals surface area contributed by atoms with Crippen molar-refractivity contribution in [3.63, 3.8) is 0 Å². The first-order chi connectivity index (χ1) is 7.83. The highest BCUT2D eigenvalue weighted by atomic mass is 16.3. The van der Waals surface area contributed by atoms with E-state index in [4.69, 9.17) is 5.11 Å². The normalized spacial score (nSPS) is 15.6. The fourth-order valence-corrected chi connectivity index (χ4v) is 1.84. The zero-order valence-electron chi connectivity index (χ0n) is 10.2. The summed E-state index contributed by atoms with van der Waals surface area (Å²) in [4.78, 5) is 0. The Morgan fingerprint density at radius 2 is 1.31 bits per heavy atom. The lowest BCUT2D eigenvalue weighted by molar-refractivity contribution is 0.475. The molecule has 0 spiro atoms. The summed E-state index contributed by atoms with van der Waals surface area (Å²) in [5, 5.41) is 8.90. The summed E-state index contributed by atoms with van der Waals surface area (Å²) in [5.74, 6) is 0.313. The van der Waals surface area contributed by atoms with Crippen LogP contribution in [-0.2, 0) is 0 Å². The van der Waals surface area contributed by atoms with Gasteiger partial charge in [-0.25, -0.2) is 0 Å². The van der Waals surface area contributed by atoms with Gasteiger partial charge in [-0.1, -0.05) is 62.8 Å². The monoisotopic (exact) mass is 218 g/mol. The molecule has 1 fully saturated rings. The first-order valence-corrected chi connectivity index (χ1v) is 6.24. The minimum absolute atomic E-state index is 0.313. The van der Waals surface area contributed by atoms with E-state index in [2.05, 4.69) is 0 Å². The van der Waals surface area contributed by atoms with Crippen LogP contribution in [0, 0.1) is 0 Å². The predicted molar refractivity (Wildman–Crippen MR) is 70.5 cm³/mol. The third kappa shape index (κ3) is 5.59. The Kier molecular flexibility index (Phi) is 6.39. The number of benzene rings is 1. The van der Waals surface area contributed by atoms with Crippen molar-refractivity contribution in [3.05, 3.63) is 35.9 Å². The maximum absolute atomic E-state index is 8.90. The molecule has 1 nitrogen and oxygen atoms in total. The molecule has 0 atom stereocenters. The zero-order chi connectivity index (χ0) is 11.6. The van der Waals surface area contributed by atoms with E-state index in [1.165, 1.54) is 38.5 Å². The molecule has 0 bridgehead atoms.